The van der Waals surface area contributed by atoms with Crippen molar-refractivity contribution < 1.29 is 5.11 Å². The van der Waals surface area contributed by atoms with Gasteiger partial charge in [0.05, 0.1) is 5.54 Å². The van der Waals surface area contributed by atoms with Crippen LogP contribution in [0.5, 0.6) is 0 Å². The maximum Gasteiger partial charge on any atom is 0.106 e. The van der Waals surface area contributed by atoms with E-state index in [2.05, 4.69) is 48.6 Å². The highest BCUT2D eigenvalue weighted by atomic mass is 16.3. The van der Waals surface area contributed by atoms with Crippen LogP contribution in [-0.4, -0.2) is 11.3 Å². The van der Waals surface area contributed by atoms with Gasteiger partial charge in [-0.1, -0.05) is 104 Å². The summed E-state index contributed by atoms with van der Waals surface area (Å²) in [4.78, 5) is 0. The van der Waals surface area contributed by atoms with Crippen molar-refractivity contribution in [2.45, 2.75) is 31.5 Å². The molecular formula is C23H25NO. The maximum absolute atomic E-state index is 10.7. The van der Waals surface area contributed by atoms with Crippen molar-refractivity contribution in [1.29, 1.82) is 0 Å². The minimum absolute atomic E-state index is 0.592. The van der Waals surface area contributed by atoms with E-state index in [-0.39, 0.29) is 0 Å². The van der Waals surface area contributed by atoms with Crippen LogP contribution in [0.2, 0.25) is 0 Å². The number of hydrogen-bond acceptors (Lipinski definition) is 2. The van der Waals surface area contributed by atoms with Crippen LogP contribution in [0, 0.1) is 0 Å². The summed E-state index contributed by atoms with van der Waals surface area (Å²) in [5.41, 5.74) is 2.74. The SMILES string of the molecule is CCCC(O)NC(c1ccccc1)(c1ccccc1)c1ccccc1. The summed E-state index contributed by atoms with van der Waals surface area (Å²) in [5, 5.41) is 14.2. The zero-order chi connectivity index (χ0) is 17.5. The molecule has 0 heterocycles. The third-order valence-electron chi connectivity index (χ3n) is 4.57. The molecule has 0 saturated heterocycles. The summed E-state index contributed by atoms with van der Waals surface area (Å²) in [5.74, 6) is 0. The first-order valence-corrected chi connectivity index (χ1v) is 8.89. The summed E-state index contributed by atoms with van der Waals surface area (Å²) >= 11 is 0. The average molecular weight is 331 g/mol. The van der Waals surface area contributed by atoms with Crippen LogP contribution in [0.15, 0.2) is 91.0 Å². The molecule has 1 atom stereocenters. The van der Waals surface area contributed by atoms with Crippen LogP contribution in [-0.2, 0) is 5.54 Å². The number of aliphatic hydroxyl groups excluding tert-OH is 1. The van der Waals surface area contributed by atoms with E-state index in [1.807, 2.05) is 54.6 Å². The number of aliphatic hydroxyl groups is 1. The van der Waals surface area contributed by atoms with Crippen molar-refractivity contribution in [2.75, 3.05) is 0 Å². The summed E-state index contributed by atoms with van der Waals surface area (Å²) in [6, 6.07) is 31.0. The van der Waals surface area contributed by atoms with Crippen LogP contribution >= 0.6 is 0 Å². The Balaban J connectivity index is 2.24. The van der Waals surface area contributed by atoms with Gasteiger partial charge >= 0.3 is 0 Å². The lowest BCUT2D eigenvalue weighted by molar-refractivity contribution is 0.102. The van der Waals surface area contributed by atoms with E-state index in [0.29, 0.717) is 6.42 Å². The standard InChI is InChI=1S/C23H25NO/c1-2-12-22(25)24-23(19-13-6-3-7-14-19,20-15-8-4-9-16-20)21-17-10-5-11-18-21/h3-11,13-18,22,24-25H,2,12H2,1H3. The second kappa shape index (κ2) is 8.11. The summed E-state index contributed by atoms with van der Waals surface area (Å²) in [6.07, 6.45) is 1.03. The van der Waals surface area contributed by atoms with Gasteiger partial charge in [-0.3, -0.25) is 5.32 Å². The molecule has 25 heavy (non-hydrogen) atoms. The van der Waals surface area contributed by atoms with Gasteiger partial charge in [-0.2, -0.15) is 0 Å². The van der Waals surface area contributed by atoms with Gasteiger partial charge in [0, 0.05) is 0 Å². The molecule has 2 nitrogen and oxygen atoms in total. The molecule has 0 saturated carbocycles. The Labute approximate surface area is 150 Å². The van der Waals surface area contributed by atoms with E-state index in [4.69, 9.17) is 0 Å². The van der Waals surface area contributed by atoms with Gasteiger partial charge in [-0.25, -0.2) is 0 Å². The van der Waals surface area contributed by atoms with Crippen LogP contribution in [0.3, 0.4) is 0 Å². The van der Waals surface area contributed by atoms with Crippen LogP contribution in [0.1, 0.15) is 36.5 Å². The minimum atomic E-state index is -0.599. The molecule has 0 amide bonds. The van der Waals surface area contributed by atoms with Gasteiger partial charge in [0.15, 0.2) is 0 Å². The molecule has 0 fully saturated rings. The van der Waals surface area contributed by atoms with Crippen molar-refractivity contribution in [1.82, 2.24) is 5.32 Å². The molecule has 0 aliphatic heterocycles. The Morgan fingerprint density at radius 3 is 1.40 bits per heavy atom. The Bertz CT molecular complexity index is 659. The summed E-state index contributed by atoms with van der Waals surface area (Å²) in [7, 11) is 0. The van der Waals surface area contributed by atoms with Crippen LogP contribution in [0.25, 0.3) is 0 Å². The molecule has 3 aromatic carbocycles. The van der Waals surface area contributed by atoms with Crippen LogP contribution in [0.4, 0.5) is 0 Å². The Kier molecular flexibility index (Phi) is 5.64. The van der Waals surface area contributed by atoms with Crippen molar-refractivity contribution in [3.05, 3.63) is 108 Å². The van der Waals surface area contributed by atoms with Crippen molar-refractivity contribution >= 4 is 0 Å². The number of benzene rings is 3. The molecule has 128 valence electrons. The molecule has 0 aliphatic rings. The Morgan fingerprint density at radius 1 is 0.720 bits per heavy atom. The van der Waals surface area contributed by atoms with E-state index in [1.165, 1.54) is 0 Å². The van der Waals surface area contributed by atoms with Crippen molar-refractivity contribution in [3.63, 3.8) is 0 Å². The number of rotatable bonds is 7. The first kappa shape index (κ1) is 17.4. The van der Waals surface area contributed by atoms with Crippen molar-refractivity contribution in [2.24, 2.45) is 0 Å². The molecule has 0 radical (unpaired) electrons. The molecular weight excluding hydrogens is 306 g/mol. The molecule has 2 N–H and O–H groups in total. The fraction of sp³-hybridized carbons (Fsp3) is 0.217. The monoisotopic (exact) mass is 331 g/mol. The lowest BCUT2D eigenvalue weighted by Gasteiger charge is -2.39. The first-order chi connectivity index (χ1) is 12.3. The van der Waals surface area contributed by atoms with Gasteiger partial charge in [0.25, 0.3) is 0 Å². The molecule has 0 bridgehead atoms. The highest BCUT2D eigenvalue weighted by Gasteiger charge is 2.37. The normalized spacial score (nSPS) is 12.7. The van der Waals surface area contributed by atoms with Gasteiger partial charge in [-0.15, -0.1) is 0 Å². The third-order valence-corrected chi connectivity index (χ3v) is 4.57. The topological polar surface area (TPSA) is 32.3 Å². The Hall–Kier alpha value is -2.42. The van der Waals surface area contributed by atoms with Gasteiger partial charge in [0.1, 0.15) is 6.23 Å². The summed E-state index contributed by atoms with van der Waals surface area (Å²) in [6.45, 7) is 2.08. The molecule has 1 unspecified atom stereocenters. The zero-order valence-electron chi connectivity index (χ0n) is 14.6. The largest absolute Gasteiger partial charge is 0.379 e. The zero-order valence-corrected chi connectivity index (χ0v) is 14.6. The smallest absolute Gasteiger partial charge is 0.106 e. The van der Waals surface area contributed by atoms with Crippen LogP contribution < -0.4 is 5.32 Å². The van der Waals surface area contributed by atoms with E-state index in [9.17, 15) is 5.11 Å². The number of hydrogen-bond donors (Lipinski definition) is 2. The predicted molar refractivity (Wildman–Crippen MR) is 103 cm³/mol. The van der Waals surface area contributed by atoms with E-state index in [0.717, 1.165) is 23.1 Å². The predicted octanol–water partition coefficient (Wildman–Crippen LogP) is 4.69. The molecule has 3 aromatic rings. The van der Waals surface area contributed by atoms with Gasteiger partial charge in [0.2, 0.25) is 0 Å². The van der Waals surface area contributed by atoms with E-state index in [1.54, 1.807) is 0 Å². The molecule has 3 rings (SSSR count). The highest BCUT2D eigenvalue weighted by molar-refractivity contribution is 5.49. The third kappa shape index (κ3) is 3.65. The minimum Gasteiger partial charge on any atom is -0.379 e. The van der Waals surface area contributed by atoms with Gasteiger partial charge in [-0.05, 0) is 23.1 Å². The van der Waals surface area contributed by atoms with E-state index >= 15 is 0 Å². The molecule has 0 aliphatic carbocycles. The molecule has 2 heteroatoms. The van der Waals surface area contributed by atoms with Crippen molar-refractivity contribution in [3.8, 4) is 0 Å². The fourth-order valence-corrected chi connectivity index (χ4v) is 3.41. The quantitative estimate of drug-likeness (QED) is 0.486. The number of nitrogens with one attached hydrogen (secondary N) is 1. The van der Waals surface area contributed by atoms with E-state index < -0.39 is 11.8 Å². The average Bonchev–Trinajstić information content (AvgIpc) is 2.68. The molecule has 0 aromatic heterocycles. The second-order valence-electron chi connectivity index (χ2n) is 6.30. The second-order valence-corrected chi connectivity index (χ2v) is 6.30. The summed E-state index contributed by atoms with van der Waals surface area (Å²) < 4.78 is 0. The highest BCUT2D eigenvalue weighted by Crippen LogP contribution is 2.37. The van der Waals surface area contributed by atoms with Gasteiger partial charge < -0.3 is 5.11 Å². The lowest BCUT2D eigenvalue weighted by Crippen LogP contribution is -2.49. The lowest BCUT2D eigenvalue weighted by atomic mass is 9.77. The Morgan fingerprint density at radius 2 is 1.08 bits per heavy atom. The fourth-order valence-electron chi connectivity index (χ4n) is 3.41. The first-order valence-electron chi connectivity index (χ1n) is 8.89. The maximum atomic E-state index is 10.7. The molecule has 0 spiro atoms.